The summed E-state index contributed by atoms with van der Waals surface area (Å²) >= 11 is 0. The minimum atomic E-state index is -3.97. The molecule has 0 aromatic carbocycles. The van der Waals surface area contributed by atoms with Crippen LogP contribution in [0.15, 0.2) is 0 Å². The molecule has 3 aliphatic rings. The van der Waals surface area contributed by atoms with Gasteiger partial charge in [-0.2, -0.15) is 13.2 Å². The zero-order valence-electron chi connectivity index (χ0n) is 12.1. The summed E-state index contributed by atoms with van der Waals surface area (Å²) in [5.41, 5.74) is 0.224. The highest BCUT2D eigenvalue weighted by Crippen LogP contribution is 2.55. The molecule has 1 aliphatic heterocycles. The fraction of sp³-hybridized carbons (Fsp3) is 1.00. The van der Waals surface area contributed by atoms with E-state index in [1.165, 1.54) is 25.7 Å². The minimum Gasteiger partial charge on any atom is -0.316 e. The molecule has 1 unspecified atom stereocenters. The van der Waals surface area contributed by atoms with Crippen LogP contribution in [0.4, 0.5) is 13.2 Å². The third-order valence-corrected chi connectivity index (χ3v) is 6.36. The summed E-state index contributed by atoms with van der Waals surface area (Å²) in [6, 6.07) is 0. The maximum absolute atomic E-state index is 12.9. The summed E-state index contributed by atoms with van der Waals surface area (Å²) in [6.45, 7) is 2.04. The summed E-state index contributed by atoms with van der Waals surface area (Å²) in [7, 11) is 0. The standard InChI is InChI=1S/C16H26F3N/c17-16(18,19)13-5-7-15(8-6-13)9-10-20-11-14(15)12-3-1-2-4-12/h12-14,20H,1-11H2. The number of nitrogens with one attached hydrogen (secondary N) is 1. The number of rotatable bonds is 1. The van der Waals surface area contributed by atoms with Gasteiger partial charge in [0.2, 0.25) is 0 Å². The van der Waals surface area contributed by atoms with Crippen LogP contribution in [0.2, 0.25) is 0 Å². The molecule has 0 aromatic heterocycles. The lowest BCUT2D eigenvalue weighted by atomic mass is 9.57. The Labute approximate surface area is 119 Å². The van der Waals surface area contributed by atoms with Crippen molar-refractivity contribution in [3.8, 4) is 0 Å². The molecular weight excluding hydrogens is 263 g/mol. The number of hydrogen-bond donors (Lipinski definition) is 1. The second kappa shape index (κ2) is 5.51. The molecule has 1 N–H and O–H groups in total. The summed E-state index contributed by atoms with van der Waals surface area (Å²) in [4.78, 5) is 0. The highest BCUT2D eigenvalue weighted by molar-refractivity contribution is 4.98. The van der Waals surface area contributed by atoms with Gasteiger partial charge in [-0.15, -0.1) is 0 Å². The second-order valence-electron chi connectivity index (χ2n) is 7.28. The molecule has 0 bridgehead atoms. The van der Waals surface area contributed by atoms with Gasteiger partial charge < -0.3 is 5.32 Å². The van der Waals surface area contributed by atoms with E-state index in [9.17, 15) is 13.2 Å². The maximum atomic E-state index is 12.9. The first-order valence-corrected chi connectivity index (χ1v) is 8.29. The Morgan fingerprint density at radius 3 is 2.15 bits per heavy atom. The van der Waals surface area contributed by atoms with E-state index in [0.717, 1.165) is 38.3 Å². The van der Waals surface area contributed by atoms with Crippen LogP contribution < -0.4 is 5.32 Å². The summed E-state index contributed by atoms with van der Waals surface area (Å²) < 4.78 is 38.6. The lowest BCUT2D eigenvalue weighted by Gasteiger charge is -2.51. The van der Waals surface area contributed by atoms with Crippen molar-refractivity contribution in [2.45, 2.75) is 64.0 Å². The van der Waals surface area contributed by atoms with E-state index in [-0.39, 0.29) is 5.41 Å². The zero-order valence-corrected chi connectivity index (χ0v) is 12.1. The van der Waals surface area contributed by atoms with Gasteiger partial charge in [0.15, 0.2) is 0 Å². The van der Waals surface area contributed by atoms with Gasteiger partial charge in [-0.25, -0.2) is 0 Å². The Balaban J connectivity index is 1.70. The topological polar surface area (TPSA) is 12.0 Å². The van der Waals surface area contributed by atoms with Crippen LogP contribution in [0.5, 0.6) is 0 Å². The SMILES string of the molecule is FC(F)(F)C1CCC2(CCNCC2C2CCCC2)CC1. The summed E-state index contributed by atoms with van der Waals surface area (Å²) in [5.74, 6) is 0.366. The lowest BCUT2D eigenvalue weighted by Crippen LogP contribution is -2.50. The zero-order chi connectivity index (χ0) is 14.2. The number of halogens is 3. The molecule has 1 spiro atoms. The predicted molar refractivity (Wildman–Crippen MR) is 73.4 cm³/mol. The fourth-order valence-corrected chi connectivity index (χ4v) is 5.16. The Morgan fingerprint density at radius 2 is 1.55 bits per heavy atom. The van der Waals surface area contributed by atoms with Crippen LogP contribution >= 0.6 is 0 Å². The van der Waals surface area contributed by atoms with E-state index < -0.39 is 12.1 Å². The molecule has 20 heavy (non-hydrogen) atoms. The van der Waals surface area contributed by atoms with Gasteiger partial charge in [-0.3, -0.25) is 0 Å². The number of piperidine rings is 1. The molecule has 116 valence electrons. The van der Waals surface area contributed by atoms with E-state index in [2.05, 4.69) is 5.32 Å². The van der Waals surface area contributed by atoms with Crippen molar-refractivity contribution in [1.82, 2.24) is 5.32 Å². The van der Waals surface area contributed by atoms with Gasteiger partial charge in [-0.05, 0) is 62.4 Å². The monoisotopic (exact) mass is 289 g/mol. The minimum absolute atomic E-state index is 0.224. The lowest BCUT2D eigenvalue weighted by molar-refractivity contribution is -0.191. The van der Waals surface area contributed by atoms with Gasteiger partial charge in [-0.1, -0.05) is 25.7 Å². The first kappa shape index (κ1) is 14.7. The van der Waals surface area contributed by atoms with E-state index in [1.54, 1.807) is 0 Å². The van der Waals surface area contributed by atoms with Crippen LogP contribution in [0.3, 0.4) is 0 Å². The van der Waals surface area contributed by atoms with Crippen molar-refractivity contribution in [3.05, 3.63) is 0 Å². The predicted octanol–water partition coefficient (Wildman–Crippen LogP) is 4.53. The summed E-state index contributed by atoms with van der Waals surface area (Å²) in [6.07, 6.45) is 4.72. The molecule has 0 radical (unpaired) electrons. The van der Waals surface area contributed by atoms with Gasteiger partial charge in [0.1, 0.15) is 0 Å². The van der Waals surface area contributed by atoms with Crippen molar-refractivity contribution in [1.29, 1.82) is 0 Å². The second-order valence-corrected chi connectivity index (χ2v) is 7.28. The van der Waals surface area contributed by atoms with Crippen molar-refractivity contribution in [2.75, 3.05) is 13.1 Å². The number of hydrogen-bond acceptors (Lipinski definition) is 1. The van der Waals surface area contributed by atoms with Crippen molar-refractivity contribution in [3.63, 3.8) is 0 Å². The average molecular weight is 289 g/mol. The average Bonchev–Trinajstić information content (AvgIpc) is 2.92. The van der Waals surface area contributed by atoms with E-state index in [4.69, 9.17) is 0 Å². The molecule has 3 fully saturated rings. The van der Waals surface area contributed by atoms with Crippen molar-refractivity contribution >= 4 is 0 Å². The van der Waals surface area contributed by atoms with Crippen LogP contribution in [-0.4, -0.2) is 19.3 Å². The normalized spacial score (nSPS) is 40.4. The molecule has 1 heterocycles. The van der Waals surface area contributed by atoms with Crippen LogP contribution in [0.25, 0.3) is 0 Å². The largest absolute Gasteiger partial charge is 0.391 e. The van der Waals surface area contributed by atoms with Gasteiger partial charge in [0.05, 0.1) is 5.92 Å². The molecule has 2 aliphatic carbocycles. The quantitative estimate of drug-likeness (QED) is 0.748. The van der Waals surface area contributed by atoms with Gasteiger partial charge in [0, 0.05) is 0 Å². The Bertz CT molecular complexity index is 325. The maximum Gasteiger partial charge on any atom is 0.391 e. The van der Waals surface area contributed by atoms with E-state index >= 15 is 0 Å². The molecule has 1 atom stereocenters. The Morgan fingerprint density at radius 1 is 0.900 bits per heavy atom. The number of alkyl halides is 3. The molecule has 4 heteroatoms. The van der Waals surface area contributed by atoms with Gasteiger partial charge in [0.25, 0.3) is 0 Å². The van der Waals surface area contributed by atoms with E-state index in [1.807, 2.05) is 0 Å². The molecule has 2 saturated carbocycles. The molecule has 0 amide bonds. The van der Waals surface area contributed by atoms with Crippen molar-refractivity contribution in [2.24, 2.45) is 23.2 Å². The third-order valence-electron chi connectivity index (χ3n) is 6.36. The third kappa shape index (κ3) is 2.72. The summed E-state index contributed by atoms with van der Waals surface area (Å²) in [5, 5.41) is 3.50. The first-order chi connectivity index (χ1) is 9.51. The van der Waals surface area contributed by atoms with Crippen LogP contribution in [0, 0.1) is 23.2 Å². The molecule has 1 saturated heterocycles. The Kier molecular flexibility index (Phi) is 4.04. The highest BCUT2D eigenvalue weighted by atomic mass is 19.4. The molecule has 0 aromatic rings. The highest BCUT2D eigenvalue weighted by Gasteiger charge is 2.50. The molecule has 3 rings (SSSR count). The van der Waals surface area contributed by atoms with Crippen LogP contribution in [0.1, 0.15) is 57.8 Å². The Hall–Kier alpha value is -0.250. The molecular formula is C16H26F3N. The van der Waals surface area contributed by atoms with Crippen molar-refractivity contribution < 1.29 is 13.2 Å². The molecule has 1 nitrogen and oxygen atoms in total. The van der Waals surface area contributed by atoms with Crippen LogP contribution in [-0.2, 0) is 0 Å². The fourth-order valence-electron chi connectivity index (χ4n) is 5.16. The van der Waals surface area contributed by atoms with E-state index in [0.29, 0.717) is 18.8 Å². The smallest absolute Gasteiger partial charge is 0.316 e. The first-order valence-electron chi connectivity index (χ1n) is 8.29. The van der Waals surface area contributed by atoms with Gasteiger partial charge >= 0.3 is 6.18 Å².